The highest BCUT2D eigenvalue weighted by Crippen LogP contribution is 2.50. The molecule has 0 aliphatic heterocycles. The molecular formula is C9H6O7. The average Bonchev–Trinajstić information content (AvgIpc) is 2.23. The number of phenolic OH excluding ortho intramolecular Hbond substituents is 5. The summed E-state index contributed by atoms with van der Waals surface area (Å²) in [4.78, 5) is 10.1. The number of rotatable bonds is 0. The Morgan fingerprint density at radius 3 is 1.56 bits per heavy atom. The van der Waals surface area contributed by atoms with Crippen LogP contribution in [-0.4, -0.2) is 36.6 Å². The smallest absolute Gasteiger partial charge is 0.382 e. The second kappa shape index (κ2) is 3.78. The van der Waals surface area contributed by atoms with Gasteiger partial charge in [-0.3, -0.25) is 0 Å². The molecule has 0 fully saturated rings. The maximum atomic E-state index is 10.1. The predicted octanol–water partition coefficient (Wildman–Crippen LogP) is -0.349. The fourth-order valence-electron chi connectivity index (χ4n) is 0.920. The van der Waals surface area contributed by atoms with E-state index in [2.05, 4.69) is 0 Å². The summed E-state index contributed by atoms with van der Waals surface area (Å²) in [6, 6.07) is 0. The third-order valence-electron chi connectivity index (χ3n) is 1.67. The van der Waals surface area contributed by atoms with Crippen molar-refractivity contribution in [2.24, 2.45) is 0 Å². The first-order valence-corrected chi connectivity index (χ1v) is 3.80. The molecule has 6 N–H and O–H groups in total. The highest BCUT2D eigenvalue weighted by Gasteiger charge is 2.21. The molecule has 0 bridgehead atoms. The summed E-state index contributed by atoms with van der Waals surface area (Å²) in [6.45, 7) is 0. The molecule has 84 valence electrons. The summed E-state index contributed by atoms with van der Waals surface area (Å²) >= 11 is 0. The molecule has 0 unspecified atom stereocenters. The van der Waals surface area contributed by atoms with Crippen LogP contribution in [0.4, 0.5) is 0 Å². The maximum absolute atomic E-state index is 10.1. The Bertz CT molecular complexity index is 492. The van der Waals surface area contributed by atoms with Gasteiger partial charge in [-0.15, -0.1) is 0 Å². The van der Waals surface area contributed by atoms with Crippen molar-refractivity contribution < 1.29 is 35.4 Å². The summed E-state index contributed by atoms with van der Waals surface area (Å²) in [5.74, 6) is -3.56. The van der Waals surface area contributed by atoms with E-state index in [-0.39, 0.29) is 0 Å². The number of hydrogen-bond acceptors (Lipinski definition) is 6. The summed E-state index contributed by atoms with van der Waals surface area (Å²) in [5.41, 5.74) is -0.699. The third kappa shape index (κ3) is 1.72. The first-order chi connectivity index (χ1) is 7.36. The number of carboxylic acids is 1. The molecule has 1 aromatic carbocycles. The van der Waals surface area contributed by atoms with Gasteiger partial charge in [0.2, 0.25) is 17.2 Å². The maximum Gasteiger partial charge on any atom is 0.382 e. The molecule has 0 saturated heterocycles. The molecule has 0 aromatic heterocycles. The number of phenols is 5. The standard InChI is InChI=1S/C9H6O7/c10-4(11)2-1-3-5(12)7(14)9(16)8(15)6(3)13/h12-16H,(H,10,11). The molecule has 7 heteroatoms. The van der Waals surface area contributed by atoms with Gasteiger partial charge in [0.05, 0.1) is 0 Å². The molecule has 0 atom stereocenters. The van der Waals surface area contributed by atoms with Crippen molar-refractivity contribution >= 4 is 5.97 Å². The SMILES string of the molecule is O=C(O)C#Cc1c(O)c(O)c(O)c(O)c1O. The van der Waals surface area contributed by atoms with Crippen LogP contribution >= 0.6 is 0 Å². The highest BCUT2D eigenvalue weighted by molar-refractivity contribution is 5.88. The Morgan fingerprint density at radius 1 is 0.812 bits per heavy atom. The Hall–Kier alpha value is -2.75. The van der Waals surface area contributed by atoms with Crippen molar-refractivity contribution in [2.45, 2.75) is 0 Å². The van der Waals surface area contributed by atoms with E-state index in [0.717, 1.165) is 0 Å². The van der Waals surface area contributed by atoms with Crippen LogP contribution in [0.5, 0.6) is 28.7 Å². The van der Waals surface area contributed by atoms with Crippen LogP contribution in [0.25, 0.3) is 0 Å². The summed E-state index contributed by atoms with van der Waals surface area (Å²) in [5, 5.41) is 53.8. The zero-order valence-electron chi connectivity index (χ0n) is 7.59. The topological polar surface area (TPSA) is 138 Å². The van der Waals surface area contributed by atoms with E-state index in [1.54, 1.807) is 5.92 Å². The zero-order valence-corrected chi connectivity index (χ0v) is 7.59. The molecule has 0 heterocycles. The lowest BCUT2D eigenvalue weighted by atomic mass is 10.1. The Morgan fingerprint density at radius 2 is 1.19 bits per heavy atom. The number of benzene rings is 1. The van der Waals surface area contributed by atoms with Crippen LogP contribution in [0, 0.1) is 11.8 Å². The van der Waals surface area contributed by atoms with Gasteiger partial charge in [-0.1, -0.05) is 0 Å². The van der Waals surface area contributed by atoms with Crippen molar-refractivity contribution in [1.82, 2.24) is 0 Å². The van der Waals surface area contributed by atoms with Crippen molar-refractivity contribution in [3.63, 3.8) is 0 Å². The van der Waals surface area contributed by atoms with Crippen molar-refractivity contribution in [2.75, 3.05) is 0 Å². The molecule has 1 rings (SSSR count). The lowest BCUT2D eigenvalue weighted by Gasteiger charge is -2.07. The van der Waals surface area contributed by atoms with Gasteiger partial charge in [0.1, 0.15) is 5.56 Å². The van der Waals surface area contributed by atoms with Crippen molar-refractivity contribution in [3.8, 4) is 40.6 Å². The molecule has 7 nitrogen and oxygen atoms in total. The molecule has 0 amide bonds. The van der Waals surface area contributed by atoms with Crippen LogP contribution < -0.4 is 0 Å². The third-order valence-corrected chi connectivity index (χ3v) is 1.67. The minimum atomic E-state index is -1.54. The fourth-order valence-corrected chi connectivity index (χ4v) is 0.920. The second-order valence-corrected chi connectivity index (χ2v) is 2.67. The van der Waals surface area contributed by atoms with Crippen LogP contribution in [-0.2, 0) is 4.79 Å². The molecule has 0 aliphatic carbocycles. The lowest BCUT2D eigenvalue weighted by molar-refractivity contribution is -0.130. The van der Waals surface area contributed by atoms with Gasteiger partial charge < -0.3 is 30.6 Å². The number of carboxylic acid groups (broad SMARTS) is 1. The quantitative estimate of drug-likeness (QED) is 0.202. The van der Waals surface area contributed by atoms with Crippen molar-refractivity contribution in [1.29, 1.82) is 0 Å². The minimum absolute atomic E-state index is 0.699. The number of carbonyl (C=O) groups is 1. The number of hydrogen-bond donors (Lipinski definition) is 6. The molecule has 0 saturated carbocycles. The average molecular weight is 226 g/mol. The summed E-state index contributed by atoms with van der Waals surface area (Å²) < 4.78 is 0. The normalized spacial score (nSPS) is 9.25. The van der Waals surface area contributed by atoms with Crippen LogP contribution in [0.1, 0.15) is 5.56 Å². The highest BCUT2D eigenvalue weighted by atomic mass is 16.4. The first-order valence-electron chi connectivity index (χ1n) is 3.80. The molecule has 0 radical (unpaired) electrons. The van der Waals surface area contributed by atoms with Gasteiger partial charge in [0.15, 0.2) is 11.5 Å². The van der Waals surface area contributed by atoms with Gasteiger partial charge in [0, 0.05) is 5.92 Å². The van der Waals surface area contributed by atoms with E-state index in [1.807, 2.05) is 5.92 Å². The predicted molar refractivity (Wildman–Crippen MR) is 49.3 cm³/mol. The van der Waals surface area contributed by atoms with E-state index >= 15 is 0 Å². The number of aliphatic carboxylic acids is 1. The van der Waals surface area contributed by atoms with Crippen LogP contribution in [0.2, 0.25) is 0 Å². The second-order valence-electron chi connectivity index (χ2n) is 2.67. The molecule has 16 heavy (non-hydrogen) atoms. The summed E-state index contributed by atoms with van der Waals surface area (Å²) in [6.07, 6.45) is 0. The van der Waals surface area contributed by atoms with Gasteiger partial charge in [-0.2, -0.15) is 0 Å². The zero-order chi connectivity index (χ0) is 12.5. The van der Waals surface area contributed by atoms with Crippen LogP contribution in [0.3, 0.4) is 0 Å². The van der Waals surface area contributed by atoms with Gasteiger partial charge >= 0.3 is 5.97 Å². The molecule has 1 aromatic rings. The molecule has 0 spiro atoms. The van der Waals surface area contributed by atoms with E-state index in [9.17, 15) is 15.0 Å². The fraction of sp³-hybridized carbons (Fsp3) is 0. The van der Waals surface area contributed by atoms with E-state index < -0.39 is 40.3 Å². The van der Waals surface area contributed by atoms with Crippen molar-refractivity contribution in [3.05, 3.63) is 5.56 Å². The largest absolute Gasteiger partial charge is 0.503 e. The number of aromatic hydroxyl groups is 5. The Labute approximate surface area is 88.5 Å². The van der Waals surface area contributed by atoms with Crippen LogP contribution in [0.15, 0.2) is 0 Å². The monoisotopic (exact) mass is 226 g/mol. The molecule has 0 aliphatic rings. The van der Waals surface area contributed by atoms with Gasteiger partial charge in [-0.05, 0) is 5.92 Å². The minimum Gasteiger partial charge on any atom is -0.503 e. The Kier molecular flexibility index (Phi) is 2.68. The summed E-state index contributed by atoms with van der Waals surface area (Å²) in [7, 11) is 0. The lowest BCUT2D eigenvalue weighted by Crippen LogP contribution is -1.88. The van der Waals surface area contributed by atoms with E-state index in [1.165, 1.54) is 0 Å². The van der Waals surface area contributed by atoms with E-state index in [0.29, 0.717) is 0 Å². The first kappa shape index (κ1) is 11.3. The molecular weight excluding hydrogens is 220 g/mol. The van der Waals surface area contributed by atoms with Gasteiger partial charge in [0.25, 0.3) is 0 Å². The Balaban J connectivity index is 3.54. The van der Waals surface area contributed by atoms with Gasteiger partial charge in [-0.25, -0.2) is 4.79 Å². The van der Waals surface area contributed by atoms with E-state index in [4.69, 9.17) is 20.4 Å².